The van der Waals surface area contributed by atoms with Gasteiger partial charge in [-0.15, -0.1) is 0 Å². The Bertz CT molecular complexity index is 605. The number of rotatable bonds is 14. The number of ether oxygens (including phenoxy) is 4. The first-order chi connectivity index (χ1) is 15.2. The average Bonchev–Trinajstić information content (AvgIpc) is 3.02. The first kappa shape index (κ1) is 25.4. The van der Waals surface area contributed by atoms with Crippen LogP contribution in [-0.4, -0.2) is 69.8 Å². The van der Waals surface area contributed by atoms with Crippen LogP contribution in [0.1, 0.15) is 52.4 Å². The molecule has 176 valence electrons. The molecule has 2 rings (SSSR count). The number of nitrogens with one attached hydrogen (secondary N) is 1. The largest absolute Gasteiger partial charge is 0.494 e. The second kappa shape index (κ2) is 15.9. The normalized spacial score (nSPS) is 15.8. The lowest BCUT2D eigenvalue weighted by atomic mass is 10.2. The number of nitrogens with zero attached hydrogens (tertiary/aromatic N) is 1. The van der Waals surface area contributed by atoms with Crippen LogP contribution in [0.2, 0.25) is 0 Å². The molecule has 0 radical (unpaired) electrons. The van der Waals surface area contributed by atoms with Gasteiger partial charge < -0.3 is 18.9 Å². The van der Waals surface area contributed by atoms with E-state index in [-0.39, 0.29) is 6.10 Å². The third-order valence-corrected chi connectivity index (χ3v) is 5.16. The number of hydrogen-bond acceptors (Lipinski definition) is 6. The zero-order chi connectivity index (χ0) is 22.2. The molecule has 1 atom stereocenters. The molecule has 1 amide bonds. The molecular formula is C24H40N2O5. The van der Waals surface area contributed by atoms with E-state index >= 15 is 0 Å². The summed E-state index contributed by atoms with van der Waals surface area (Å²) in [6.07, 6.45) is 6.19. The van der Waals surface area contributed by atoms with Gasteiger partial charge in [-0.1, -0.05) is 32.3 Å². The molecule has 0 aromatic heterocycles. The molecule has 1 N–H and O–H groups in total. The number of unbranched alkanes of at least 4 members (excludes halogenated alkanes) is 1. The first-order valence-electron chi connectivity index (χ1n) is 11.8. The first-order valence-corrected chi connectivity index (χ1v) is 11.8. The summed E-state index contributed by atoms with van der Waals surface area (Å²) in [5, 5.41) is 2.82. The Morgan fingerprint density at radius 3 is 2.58 bits per heavy atom. The van der Waals surface area contributed by atoms with Crippen LogP contribution in [0.5, 0.6) is 5.75 Å². The number of carbonyl (C=O) groups is 1. The Balaban J connectivity index is 1.86. The molecule has 1 aliphatic heterocycles. The van der Waals surface area contributed by atoms with Crippen molar-refractivity contribution in [3.63, 3.8) is 0 Å². The lowest BCUT2D eigenvalue weighted by molar-refractivity contribution is -0.0109. The predicted molar refractivity (Wildman–Crippen MR) is 123 cm³/mol. The summed E-state index contributed by atoms with van der Waals surface area (Å²) in [5.74, 6) is 0.742. The van der Waals surface area contributed by atoms with Crippen LogP contribution in [0.3, 0.4) is 0 Å². The van der Waals surface area contributed by atoms with Crippen molar-refractivity contribution in [3.8, 4) is 5.75 Å². The number of benzene rings is 1. The molecule has 31 heavy (non-hydrogen) atoms. The maximum atomic E-state index is 12.6. The van der Waals surface area contributed by atoms with Crippen LogP contribution in [0.15, 0.2) is 24.3 Å². The monoisotopic (exact) mass is 436 g/mol. The summed E-state index contributed by atoms with van der Waals surface area (Å²) >= 11 is 0. The smallest absolute Gasteiger partial charge is 0.412 e. The fourth-order valence-electron chi connectivity index (χ4n) is 3.50. The summed E-state index contributed by atoms with van der Waals surface area (Å²) in [6, 6.07) is 7.40. The molecule has 1 saturated heterocycles. The van der Waals surface area contributed by atoms with Crippen molar-refractivity contribution in [3.05, 3.63) is 24.3 Å². The molecule has 1 aromatic carbocycles. The van der Waals surface area contributed by atoms with Crippen molar-refractivity contribution in [2.24, 2.45) is 0 Å². The molecule has 0 spiro atoms. The van der Waals surface area contributed by atoms with Gasteiger partial charge in [0.1, 0.15) is 11.9 Å². The summed E-state index contributed by atoms with van der Waals surface area (Å²) in [7, 11) is 0. The number of carbonyl (C=O) groups excluding carboxylic acids is 1. The van der Waals surface area contributed by atoms with Gasteiger partial charge in [-0.05, 0) is 51.4 Å². The van der Waals surface area contributed by atoms with E-state index in [1.807, 2.05) is 31.2 Å². The van der Waals surface area contributed by atoms with Gasteiger partial charge in [0.05, 0.1) is 26.4 Å². The van der Waals surface area contributed by atoms with E-state index in [0.717, 1.165) is 31.7 Å². The quantitative estimate of drug-likeness (QED) is 0.426. The van der Waals surface area contributed by atoms with Crippen LogP contribution in [0, 0.1) is 0 Å². The van der Waals surface area contributed by atoms with E-state index in [4.69, 9.17) is 18.9 Å². The molecule has 1 heterocycles. The van der Waals surface area contributed by atoms with Crippen molar-refractivity contribution in [2.75, 3.05) is 58.0 Å². The van der Waals surface area contributed by atoms with Gasteiger partial charge in [-0.25, -0.2) is 4.79 Å². The highest BCUT2D eigenvalue weighted by Crippen LogP contribution is 2.18. The number of amides is 1. The van der Waals surface area contributed by atoms with Crippen molar-refractivity contribution in [1.29, 1.82) is 0 Å². The van der Waals surface area contributed by atoms with Gasteiger partial charge in [0.15, 0.2) is 0 Å². The second-order valence-electron chi connectivity index (χ2n) is 7.87. The minimum Gasteiger partial charge on any atom is -0.494 e. The number of hydrogen-bond donors (Lipinski definition) is 1. The maximum absolute atomic E-state index is 12.6. The summed E-state index contributed by atoms with van der Waals surface area (Å²) in [5.41, 5.74) is 0.657. The van der Waals surface area contributed by atoms with E-state index in [9.17, 15) is 4.79 Å². The van der Waals surface area contributed by atoms with Crippen LogP contribution in [-0.2, 0) is 14.2 Å². The lowest BCUT2D eigenvalue weighted by Gasteiger charge is -2.26. The van der Waals surface area contributed by atoms with Gasteiger partial charge in [-0.2, -0.15) is 0 Å². The second-order valence-corrected chi connectivity index (χ2v) is 7.87. The van der Waals surface area contributed by atoms with E-state index in [0.29, 0.717) is 45.3 Å². The molecule has 0 bridgehead atoms. The molecule has 7 heteroatoms. The number of anilines is 1. The Kier molecular flexibility index (Phi) is 13.0. The molecule has 1 fully saturated rings. The minimum atomic E-state index is -0.473. The molecule has 0 saturated carbocycles. The highest BCUT2D eigenvalue weighted by atomic mass is 16.6. The maximum Gasteiger partial charge on any atom is 0.412 e. The Morgan fingerprint density at radius 2 is 1.84 bits per heavy atom. The van der Waals surface area contributed by atoms with Crippen LogP contribution in [0.4, 0.5) is 10.5 Å². The Morgan fingerprint density at radius 1 is 1.06 bits per heavy atom. The molecular weight excluding hydrogens is 396 g/mol. The summed E-state index contributed by atoms with van der Waals surface area (Å²) < 4.78 is 22.5. The number of likely N-dealkylation sites (tertiary alicyclic amines) is 1. The van der Waals surface area contributed by atoms with E-state index < -0.39 is 6.09 Å². The third kappa shape index (κ3) is 11.4. The van der Waals surface area contributed by atoms with Crippen molar-refractivity contribution in [2.45, 2.75) is 58.5 Å². The molecule has 0 aliphatic carbocycles. The van der Waals surface area contributed by atoms with Crippen molar-refractivity contribution in [1.82, 2.24) is 4.90 Å². The van der Waals surface area contributed by atoms with Crippen LogP contribution < -0.4 is 10.1 Å². The molecule has 1 aromatic rings. The summed E-state index contributed by atoms with van der Waals surface area (Å²) in [6.45, 7) is 9.58. The topological polar surface area (TPSA) is 69.3 Å². The van der Waals surface area contributed by atoms with E-state index in [2.05, 4.69) is 17.1 Å². The average molecular weight is 437 g/mol. The van der Waals surface area contributed by atoms with Crippen molar-refractivity contribution >= 4 is 11.8 Å². The fourth-order valence-corrected chi connectivity index (χ4v) is 3.50. The van der Waals surface area contributed by atoms with Gasteiger partial charge in [0.25, 0.3) is 0 Å². The summed E-state index contributed by atoms with van der Waals surface area (Å²) in [4.78, 5) is 14.9. The predicted octanol–water partition coefficient (Wildman–Crippen LogP) is 4.71. The van der Waals surface area contributed by atoms with Gasteiger partial charge >= 0.3 is 6.09 Å². The standard InChI is InChI=1S/C24H40N2O5/c1-3-5-15-30-22-12-10-11-21(18-22)25-24(27)31-23(20-29-17-16-28-4-2)19-26-13-8-6-7-9-14-26/h10-12,18,23H,3-9,13-17,19-20H2,1-2H3,(H,25,27). The van der Waals surface area contributed by atoms with Crippen LogP contribution in [0.25, 0.3) is 0 Å². The lowest BCUT2D eigenvalue weighted by Crippen LogP contribution is -2.39. The van der Waals surface area contributed by atoms with E-state index in [1.165, 1.54) is 25.7 Å². The minimum absolute atomic E-state index is 0.330. The van der Waals surface area contributed by atoms with E-state index in [1.54, 1.807) is 0 Å². The zero-order valence-corrected chi connectivity index (χ0v) is 19.3. The van der Waals surface area contributed by atoms with Crippen LogP contribution >= 0.6 is 0 Å². The third-order valence-electron chi connectivity index (χ3n) is 5.16. The highest BCUT2D eigenvalue weighted by Gasteiger charge is 2.20. The van der Waals surface area contributed by atoms with Gasteiger partial charge in [-0.3, -0.25) is 10.2 Å². The fraction of sp³-hybridized carbons (Fsp3) is 0.708. The Hall–Kier alpha value is -1.83. The van der Waals surface area contributed by atoms with Gasteiger partial charge in [0, 0.05) is 24.9 Å². The molecule has 1 unspecified atom stereocenters. The van der Waals surface area contributed by atoms with Crippen molar-refractivity contribution < 1.29 is 23.7 Å². The zero-order valence-electron chi connectivity index (χ0n) is 19.3. The van der Waals surface area contributed by atoms with Gasteiger partial charge in [0.2, 0.25) is 0 Å². The Labute approximate surface area is 187 Å². The molecule has 7 nitrogen and oxygen atoms in total. The molecule has 1 aliphatic rings. The highest BCUT2D eigenvalue weighted by molar-refractivity contribution is 5.85. The SMILES string of the molecule is CCCCOc1cccc(NC(=O)OC(COCCOCC)CN2CCCCCC2)c1.